The predicted octanol–water partition coefficient (Wildman–Crippen LogP) is 5.07. The molecule has 0 unspecified atom stereocenters. The molecule has 0 radical (unpaired) electrons. The van der Waals surface area contributed by atoms with Gasteiger partial charge in [-0.25, -0.2) is 9.07 Å². The number of carbonyl (C=O) groups excluding carboxylic acids is 1. The van der Waals surface area contributed by atoms with Gasteiger partial charge >= 0.3 is 0 Å². The fourth-order valence-electron chi connectivity index (χ4n) is 2.87. The van der Waals surface area contributed by atoms with Crippen molar-refractivity contribution >= 4 is 6.29 Å². The van der Waals surface area contributed by atoms with Gasteiger partial charge in [0.1, 0.15) is 23.9 Å². The topological polar surface area (TPSA) is 44.1 Å². The van der Waals surface area contributed by atoms with Crippen molar-refractivity contribution in [3.63, 3.8) is 0 Å². The van der Waals surface area contributed by atoms with Gasteiger partial charge in [0.15, 0.2) is 6.29 Å². The maximum absolute atomic E-state index is 13.0. The van der Waals surface area contributed by atoms with Crippen LogP contribution in [0.2, 0.25) is 0 Å². The van der Waals surface area contributed by atoms with Gasteiger partial charge in [-0.05, 0) is 54.1 Å². The normalized spacial score (nSPS) is 10.6. The van der Waals surface area contributed by atoms with E-state index in [4.69, 9.17) is 4.74 Å². The minimum atomic E-state index is -0.269. The molecule has 1 aromatic heterocycles. The Hall–Kier alpha value is -3.73. The van der Waals surface area contributed by atoms with Crippen LogP contribution in [0.4, 0.5) is 4.39 Å². The van der Waals surface area contributed by atoms with Crippen LogP contribution in [0.1, 0.15) is 15.9 Å². The molecule has 0 bridgehead atoms. The Morgan fingerprint density at radius 1 is 0.929 bits per heavy atom. The number of aromatic nitrogens is 2. The lowest BCUT2D eigenvalue weighted by atomic mass is 10.1. The Kier molecular flexibility index (Phi) is 4.97. The van der Waals surface area contributed by atoms with Crippen LogP contribution in [0.25, 0.3) is 16.9 Å². The number of hydrogen-bond acceptors (Lipinski definition) is 3. The lowest BCUT2D eigenvalue weighted by Gasteiger charge is -2.07. The molecule has 0 fully saturated rings. The predicted molar refractivity (Wildman–Crippen MR) is 105 cm³/mol. The van der Waals surface area contributed by atoms with Crippen LogP contribution >= 0.6 is 0 Å². The van der Waals surface area contributed by atoms with Crippen molar-refractivity contribution in [2.24, 2.45) is 0 Å². The minimum Gasteiger partial charge on any atom is -0.489 e. The summed E-state index contributed by atoms with van der Waals surface area (Å²) in [6.45, 7) is 0.349. The highest BCUT2D eigenvalue weighted by molar-refractivity contribution is 5.85. The number of rotatable bonds is 6. The number of carbonyl (C=O) groups is 1. The molecule has 1 heterocycles. The number of para-hydroxylation sites is 1. The zero-order chi connectivity index (χ0) is 19.3. The standard InChI is InChI=1S/C23H17FN2O2/c24-20-10-6-17(7-11-20)16-28-22-12-8-18(9-13-22)23-19(15-27)14-26(25-23)21-4-2-1-3-5-21/h1-15H,16H2. The second kappa shape index (κ2) is 7.88. The van der Waals surface area contributed by atoms with Crippen molar-refractivity contribution in [3.8, 4) is 22.7 Å². The van der Waals surface area contributed by atoms with Gasteiger partial charge < -0.3 is 4.74 Å². The fraction of sp³-hybridized carbons (Fsp3) is 0.0435. The van der Waals surface area contributed by atoms with E-state index in [1.807, 2.05) is 54.6 Å². The first-order chi connectivity index (χ1) is 13.7. The lowest BCUT2D eigenvalue weighted by molar-refractivity contribution is 0.112. The number of hydrogen-bond donors (Lipinski definition) is 0. The highest BCUT2D eigenvalue weighted by atomic mass is 19.1. The molecule has 0 aliphatic carbocycles. The van der Waals surface area contributed by atoms with Crippen LogP contribution in [-0.4, -0.2) is 16.1 Å². The van der Waals surface area contributed by atoms with Gasteiger partial charge in [0.05, 0.1) is 11.3 Å². The zero-order valence-corrected chi connectivity index (χ0v) is 15.0. The average molecular weight is 372 g/mol. The summed E-state index contributed by atoms with van der Waals surface area (Å²) in [5.41, 5.74) is 3.73. The third-order valence-corrected chi connectivity index (χ3v) is 4.34. The molecule has 5 heteroatoms. The lowest BCUT2D eigenvalue weighted by Crippen LogP contribution is -1.96. The maximum Gasteiger partial charge on any atom is 0.153 e. The van der Waals surface area contributed by atoms with E-state index < -0.39 is 0 Å². The van der Waals surface area contributed by atoms with E-state index in [1.165, 1.54) is 12.1 Å². The Morgan fingerprint density at radius 3 is 2.32 bits per heavy atom. The monoisotopic (exact) mass is 372 g/mol. The number of nitrogens with zero attached hydrogens (tertiary/aromatic N) is 2. The van der Waals surface area contributed by atoms with Crippen molar-refractivity contribution in [2.45, 2.75) is 6.61 Å². The first kappa shape index (κ1) is 17.7. The van der Waals surface area contributed by atoms with Crippen molar-refractivity contribution in [3.05, 3.63) is 102 Å². The van der Waals surface area contributed by atoms with Gasteiger partial charge in [0.25, 0.3) is 0 Å². The Morgan fingerprint density at radius 2 is 1.64 bits per heavy atom. The molecule has 4 aromatic rings. The number of benzene rings is 3. The van der Waals surface area contributed by atoms with E-state index in [9.17, 15) is 9.18 Å². The fourth-order valence-corrected chi connectivity index (χ4v) is 2.87. The SMILES string of the molecule is O=Cc1cn(-c2ccccc2)nc1-c1ccc(OCc2ccc(F)cc2)cc1. The summed E-state index contributed by atoms with van der Waals surface area (Å²) in [5, 5.41) is 4.56. The van der Waals surface area contributed by atoms with E-state index in [1.54, 1.807) is 23.0 Å². The van der Waals surface area contributed by atoms with Crippen molar-refractivity contribution in [1.29, 1.82) is 0 Å². The van der Waals surface area contributed by atoms with E-state index >= 15 is 0 Å². The first-order valence-corrected chi connectivity index (χ1v) is 8.81. The quantitative estimate of drug-likeness (QED) is 0.444. The molecule has 0 aliphatic heterocycles. The Labute approximate surface area is 161 Å². The molecule has 3 aromatic carbocycles. The number of ether oxygens (including phenoxy) is 1. The van der Waals surface area contributed by atoms with E-state index in [2.05, 4.69) is 5.10 Å². The molecule has 28 heavy (non-hydrogen) atoms. The molecule has 0 atom stereocenters. The Balaban J connectivity index is 1.53. The van der Waals surface area contributed by atoms with Gasteiger partial charge in [0.2, 0.25) is 0 Å². The summed E-state index contributed by atoms with van der Waals surface area (Å²) >= 11 is 0. The van der Waals surface area contributed by atoms with Crippen LogP contribution in [-0.2, 0) is 6.61 Å². The van der Waals surface area contributed by atoms with Crippen LogP contribution in [0.3, 0.4) is 0 Å². The van der Waals surface area contributed by atoms with Gasteiger partial charge in [-0.1, -0.05) is 30.3 Å². The van der Waals surface area contributed by atoms with Gasteiger partial charge in [-0.2, -0.15) is 5.10 Å². The largest absolute Gasteiger partial charge is 0.489 e. The summed E-state index contributed by atoms with van der Waals surface area (Å²) in [6.07, 6.45) is 2.53. The average Bonchev–Trinajstić information content (AvgIpc) is 3.19. The molecule has 0 spiro atoms. The highest BCUT2D eigenvalue weighted by Gasteiger charge is 2.12. The van der Waals surface area contributed by atoms with Gasteiger partial charge in [0, 0.05) is 11.8 Å². The zero-order valence-electron chi connectivity index (χ0n) is 15.0. The number of aldehydes is 1. The third-order valence-electron chi connectivity index (χ3n) is 4.34. The molecule has 0 N–H and O–H groups in total. The van der Waals surface area contributed by atoms with E-state index in [0.29, 0.717) is 23.6 Å². The highest BCUT2D eigenvalue weighted by Crippen LogP contribution is 2.25. The van der Waals surface area contributed by atoms with Crippen LogP contribution < -0.4 is 4.74 Å². The second-order valence-electron chi connectivity index (χ2n) is 6.27. The molecule has 0 saturated heterocycles. The molecule has 0 saturated carbocycles. The summed E-state index contributed by atoms with van der Waals surface area (Å²) in [7, 11) is 0. The summed E-state index contributed by atoms with van der Waals surface area (Å²) < 4.78 is 20.4. The smallest absolute Gasteiger partial charge is 0.153 e. The molecule has 4 nitrogen and oxygen atoms in total. The molecule has 0 aliphatic rings. The third kappa shape index (κ3) is 3.83. The molecular formula is C23H17FN2O2. The van der Waals surface area contributed by atoms with Crippen molar-refractivity contribution < 1.29 is 13.9 Å². The van der Waals surface area contributed by atoms with Crippen molar-refractivity contribution in [1.82, 2.24) is 9.78 Å². The number of halogens is 1. The first-order valence-electron chi connectivity index (χ1n) is 8.81. The molecule has 138 valence electrons. The maximum atomic E-state index is 13.0. The second-order valence-corrected chi connectivity index (χ2v) is 6.27. The summed E-state index contributed by atoms with van der Waals surface area (Å²) in [6, 6.07) is 23.2. The van der Waals surface area contributed by atoms with Crippen LogP contribution in [0.5, 0.6) is 5.75 Å². The molecule has 0 amide bonds. The van der Waals surface area contributed by atoms with Crippen LogP contribution in [0.15, 0.2) is 85.1 Å². The van der Waals surface area contributed by atoms with E-state index in [-0.39, 0.29) is 5.82 Å². The summed E-state index contributed by atoms with van der Waals surface area (Å²) in [5.74, 6) is 0.414. The molecule has 4 rings (SSSR count). The molecular weight excluding hydrogens is 355 g/mol. The van der Waals surface area contributed by atoms with E-state index in [0.717, 1.165) is 23.1 Å². The Bertz CT molecular complexity index is 1070. The van der Waals surface area contributed by atoms with Gasteiger partial charge in [-0.3, -0.25) is 4.79 Å². The minimum absolute atomic E-state index is 0.269. The van der Waals surface area contributed by atoms with Gasteiger partial charge in [-0.15, -0.1) is 0 Å². The van der Waals surface area contributed by atoms with Crippen molar-refractivity contribution in [2.75, 3.05) is 0 Å². The summed E-state index contributed by atoms with van der Waals surface area (Å²) in [4.78, 5) is 11.5. The van der Waals surface area contributed by atoms with Crippen LogP contribution in [0, 0.1) is 5.82 Å².